The average Bonchev–Trinajstić information content (AvgIpc) is 3.60. The number of halogens is 2. The van der Waals surface area contributed by atoms with Gasteiger partial charge in [0.15, 0.2) is 9.84 Å². The van der Waals surface area contributed by atoms with Gasteiger partial charge in [0.05, 0.1) is 40.6 Å². The maximum atomic E-state index is 13.5. The highest BCUT2D eigenvalue weighted by Crippen LogP contribution is 2.38. The first-order chi connectivity index (χ1) is 23.7. The number of nitrogens with zero attached hydrogens (tertiary/aromatic N) is 3. The van der Waals surface area contributed by atoms with Gasteiger partial charge in [0.1, 0.15) is 47.2 Å². The minimum atomic E-state index is -3.46. The van der Waals surface area contributed by atoms with E-state index in [4.69, 9.17) is 30.8 Å². The maximum absolute atomic E-state index is 13.5. The van der Waals surface area contributed by atoms with Crippen molar-refractivity contribution in [1.29, 1.82) is 0 Å². The lowest BCUT2D eigenvalue weighted by Gasteiger charge is -2.14. The molecule has 0 aliphatic heterocycles. The van der Waals surface area contributed by atoms with Crippen LogP contribution in [0, 0.1) is 5.82 Å². The molecule has 1 unspecified atom stereocenters. The summed E-state index contributed by atoms with van der Waals surface area (Å²) in [4.78, 5) is 14.1. The molecule has 0 spiro atoms. The number of fused-ring (bicyclic) bond motifs is 1. The number of ether oxygens (including phenoxy) is 3. The summed E-state index contributed by atoms with van der Waals surface area (Å²) >= 11 is 7.98. The number of thiazole rings is 1. The number of hydrogen-bond donors (Lipinski definition) is 1. The molecule has 0 amide bonds. The summed E-state index contributed by atoms with van der Waals surface area (Å²) in [7, 11) is -1.87. The molecule has 49 heavy (non-hydrogen) atoms. The molecule has 0 saturated carbocycles. The predicted octanol–water partition coefficient (Wildman–Crippen LogP) is 8.82. The summed E-state index contributed by atoms with van der Waals surface area (Å²) in [5.74, 6) is 1.13. The highest BCUT2D eigenvalue weighted by molar-refractivity contribution is 7.91. The molecular weight excluding hydrogens is 687 g/mol. The molecular formula is C36H32ClFN4O5S2. The Balaban J connectivity index is 1.19. The van der Waals surface area contributed by atoms with Gasteiger partial charge in [0.25, 0.3) is 0 Å². The van der Waals surface area contributed by atoms with Crippen molar-refractivity contribution in [2.45, 2.75) is 31.0 Å². The van der Waals surface area contributed by atoms with E-state index in [9.17, 15) is 12.8 Å². The third-order valence-electron chi connectivity index (χ3n) is 7.65. The van der Waals surface area contributed by atoms with Gasteiger partial charge in [-0.25, -0.2) is 27.8 Å². The molecule has 0 bridgehead atoms. The number of aromatic nitrogens is 3. The molecule has 2 aromatic heterocycles. The lowest BCUT2D eigenvalue weighted by molar-refractivity contribution is 0.0609. The van der Waals surface area contributed by atoms with Gasteiger partial charge in [-0.2, -0.15) is 0 Å². The van der Waals surface area contributed by atoms with Crippen LogP contribution in [0.3, 0.4) is 0 Å². The molecule has 252 valence electrons. The van der Waals surface area contributed by atoms with Gasteiger partial charge in [0.2, 0.25) is 0 Å². The van der Waals surface area contributed by atoms with E-state index in [-0.39, 0.29) is 35.8 Å². The fourth-order valence-corrected chi connectivity index (χ4v) is 7.45. The minimum Gasteiger partial charge on any atom is -0.496 e. The van der Waals surface area contributed by atoms with Crippen LogP contribution in [0.5, 0.6) is 11.5 Å². The number of benzene rings is 4. The van der Waals surface area contributed by atoms with E-state index in [1.807, 2.05) is 30.5 Å². The molecule has 0 aliphatic rings. The van der Waals surface area contributed by atoms with Crippen LogP contribution in [0.4, 0.5) is 15.9 Å². The SMILES string of the molecule is CCC(OCCS(=O)(=O)c1ccccc1)c1nc(-c2cc3c(Nc4ccc(OCc5cccc(F)c5)c(Cl)c4)ncnc3cc2OC)cs1. The molecule has 6 aromatic rings. The van der Waals surface area contributed by atoms with Crippen LogP contribution < -0.4 is 14.8 Å². The highest BCUT2D eigenvalue weighted by atomic mass is 35.5. The Bertz CT molecular complexity index is 2180. The van der Waals surface area contributed by atoms with Crippen molar-refractivity contribution in [3.63, 3.8) is 0 Å². The molecule has 1 N–H and O–H groups in total. The molecule has 0 aliphatic carbocycles. The third kappa shape index (κ3) is 8.16. The van der Waals surface area contributed by atoms with Crippen LogP contribution in [0.2, 0.25) is 5.02 Å². The van der Waals surface area contributed by atoms with Gasteiger partial charge in [-0.15, -0.1) is 11.3 Å². The smallest absolute Gasteiger partial charge is 0.180 e. The van der Waals surface area contributed by atoms with Gasteiger partial charge < -0.3 is 19.5 Å². The molecule has 0 fully saturated rings. The van der Waals surface area contributed by atoms with Crippen LogP contribution >= 0.6 is 22.9 Å². The van der Waals surface area contributed by atoms with Crippen molar-refractivity contribution in [2.75, 3.05) is 24.8 Å². The molecule has 0 saturated heterocycles. The number of anilines is 2. The second kappa shape index (κ2) is 15.3. The fraction of sp³-hybridized carbons (Fsp3) is 0.194. The van der Waals surface area contributed by atoms with Crippen molar-refractivity contribution >= 4 is 55.2 Å². The largest absolute Gasteiger partial charge is 0.496 e. The second-order valence-electron chi connectivity index (χ2n) is 11.0. The number of rotatable bonds is 14. The first kappa shape index (κ1) is 34.3. The summed E-state index contributed by atoms with van der Waals surface area (Å²) in [6, 6.07) is 23.6. The number of nitrogens with one attached hydrogen (secondary N) is 1. The Labute approximate surface area is 292 Å². The summed E-state index contributed by atoms with van der Waals surface area (Å²) in [5.41, 5.74) is 3.43. The zero-order valence-electron chi connectivity index (χ0n) is 26.6. The van der Waals surface area contributed by atoms with Crippen molar-refractivity contribution in [3.05, 3.63) is 118 Å². The number of hydrogen-bond acceptors (Lipinski definition) is 10. The van der Waals surface area contributed by atoms with E-state index in [0.29, 0.717) is 51.2 Å². The van der Waals surface area contributed by atoms with E-state index in [0.717, 1.165) is 16.0 Å². The molecule has 2 heterocycles. The van der Waals surface area contributed by atoms with Gasteiger partial charge in [-0.05, 0) is 60.5 Å². The van der Waals surface area contributed by atoms with Gasteiger partial charge in [-0.3, -0.25) is 0 Å². The predicted molar refractivity (Wildman–Crippen MR) is 190 cm³/mol. The lowest BCUT2D eigenvalue weighted by Crippen LogP contribution is -2.14. The molecule has 6 rings (SSSR count). The van der Waals surface area contributed by atoms with Crippen molar-refractivity contribution in [2.24, 2.45) is 0 Å². The molecule has 13 heteroatoms. The van der Waals surface area contributed by atoms with E-state index in [1.54, 1.807) is 61.7 Å². The standard InChI is InChI=1S/C36H32ClFN4O5S2/c1-3-32(46-14-15-49(43,44)26-10-5-4-6-11-26)36-42-31(21-48-36)27-18-28-30(19-34(27)45-2)39-22-40-35(28)41-25-12-13-33(29(37)17-25)47-20-23-8-7-9-24(38)16-23/h4-13,16-19,21-22,32H,3,14-15,20H2,1-2H3,(H,39,40,41). The van der Waals surface area contributed by atoms with Gasteiger partial charge >= 0.3 is 0 Å². The third-order valence-corrected chi connectivity index (χ3v) is 10.6. The zero-order chi connectivity index (χ0) is 34.4. The van der Waals surface area contributed by atoms with E-state index >= 15 is 0 Å². The van der Waals surface area contributed by atoms with Crippen LogP contribution in [0.25, 0.3) is 22.2 Å². The monoisotopic (exact) mass is 718 g/mol. The van der Waals surface area contributed by atoms with E-state index in [2.05, 4.69) is 15.3 Å². The maximum Gasteiger partial charge on any atom is 0.180 e. The minimum absolute atomic E-state index is 0.0421. The summed E-state index contributed by atoms with van der Waals surface area (Å²) < 4.78 is 56.6. The summed E-state index contributed by atoms with van der Waals surface area (Å²) in [5, 5.41) is 7.08. The Morgan fingerprint density at radius 3 is 2.57 bits per heavy atom. The molecule has 9 nitrogen and oxygen atoms in total. The summed E-state index contributed by atoms with van der Waals surface area (Å²) in [6.45, 7) is 2.18. The zero-order valence-corrected chi connectivity index (χ0v) is 29.0. The Hall–Kier alpha value is -4.62. The van der Waals surface area contributed by atoms with Crippen LogP contribution in [-0.4, -0.2) is 42.8 Å². The summed E-state index contributed by atoms with van der Waals surface area (Å²) in [6.07, 6.45) is 1.71. The topological polar surface area (TPSA) is 113 Å². The molecule has 4 aromatic carbocycles. The van der Waals surface area contributed by atoms with Crippen LogP contribution in [-0.2, 0) is 21.2 Å². The van der Waals surface area contributed by atoms with Crippen LogP contribution in [0.1, 0.15) is 30.0 Å². The Morgan fingerprint density at radius 1 is 0.980 bits per heavy atom. The first-order valence-corrected chi connectivity index (χ1v) is 18.3. The second-order valence-corrected chi connectivity index (χ2v) is 14.4. The van der Waals surface area contributed by atoms with Crippen molar-refractivity contribution in [1.82, 2.24) is 15.0 Å². The van der Waals surface area contributed by atoms with E-state index in [1.165, 1.54) is 29.8 Å². The quantitative estimate of drug-likeness (QED) is 0.118. The number of sulfone groups is 1. The van der Waals surface area contributed by atoms with Gasteiger partial charge in [-0.1, -0.05) is 48.9 Å². The fourth-order valence-electron chi connectivity index (χ4n) is 5.14. The first-order valence-electron chi connectivity index (χ1n) is 15.4. The van der Waals surface area contributed by atoms with Crippen molar-refractivity contribution < 1.29 is 27.0 Å². The Kier molecular flexibility index (Phi) is 10.7. The average molecular weight is 719 g/mol. The van der Waals surface area contributed by atoms with Gasteiger partial charge in [0, 0.05) is 28.1 Å². The molecule has 0 radical (unpaired) electrons. The van der Waals surface area contributed by atoms with Crippen LogP contribution in [0.15, 0.2) is 102 Å². The van der Waals surface area contributed by atoms with E-state index < -0.39 is 9.84 Å². The molecule has 1 atom stereocenters. The Morgan fingerprint density at radius 2 is 1.82 bits per heavy atom. The highest BCUT2D eigenvalue weighted by Gasteiger charge is 2.21. The normalized spacial score (nSPS) is 12.2. The number of methoxy groups -OCH3 is 1. The van der Waals surface area contributed by atoms with Crippen molar-refractivity contribution in [3.8, 4) is 22.8 Å². The lowest BCUT2D eigenvalue weighted by atomic mass is 10.1.